The van der Waals surface area contributed by atoms with Crippen LogP contribution < -0.4 is 15.2 Å². The van der Waals surface area contributed by atoms with Gasteiger partial charge in [-0.2, -0.15) is 0 Å². The number of halogens is 1. The topological polar surface area (TPSA) is 47.7 Å². The first kappa shape index (κ1) is 22.6. The highest BCUT2D eigenvalue weighted by Crippen LogP contribution is 2.35. The van der Waals surface area contributed by atoms with Crippen molar-refractivity contribution in [2.45, 2.75) is 17.9 Å². The summed E-state index contributed by atoms with van der Waals surface area (Å²) in [5.41, 5.74) is 8.42. The minimum absolute atomic E-state index is 0. The molecule has 2 aromatic rings. The minimum Gasteiger partial charge on any atom is -0.493 e. The Bertz CT molecular complexity index is 656. The lowest BCUT2D eigenvalue weighted by Crippen LogP contribution is -2.31. The third-order valence-electron chi connectivity index (χ3n) is 4.19. The monoisotopic (exact) mass is 396 g/mol. The standard InChI is InChI=1S/C20H28N2O2S.ClH/c1-23-18-13-17(20(25-3)14-19(18)24-2)15-22(12-10-21)11-9-16-7-5-4-6-8-16;/h4-8,13-14H,9-12,15,21H2,1-3H3;1H. The van der Waals surface area contributed by atoms with Gasteiger partial charge in [0.1, 0.15) is 0 Å². The van der Waals surface area contributed by atoms with Crippen molar-refractivity contribution < 1.29 is 9.47 Å². The molecule has 0 fully saturated rings. The van der Waals surface area contributed by atoms with Crippen LogP contribution in [0, 0.1) is 0 Å². The van der Waals surface area contributed by atoms with Gasteiger partial charge in [-0.15, -0.1) is 24.2 Å². The van der Waals surface area contributed by atoms with Crippen molar-refractivity contribution in [2.24, 2.45) is 5.73 Å². The van der Waals surface area contributed by atoms with Gasteiger partial charge >= 0.3 is 0 Å². The van der Waals surface area contributed by atoms with Gasteiger partial charge in [0.25, 0.3) is 0 Å². The van der Waals surface area contributed by atoms with Crippen molar-refractivity contribution in [3.8, 4) is 11.5 Å². The van der Waals surface area contributed by atoms with Crippen LogP contribution in [0.2, 0.25) is 0 Å². The molecule has 2 rings (SSSR count). The number of nitrogens with zero attached hydrogens (tertiary/aromatic N) is 1. The molecule has 0 bridgehead atoms. The lowest BCUT2D eigenvalue weighted by Gasteiger charge is -2.23. The zero-order valence-corrected chi connectivity index (χ0v) is 17.4. The van der Waals surface area contributed by atoms with Crippen LogP contribution in [0.5, 0.6) is 11.5 Å². The molecule has 0 unspecified atom stereocenters. The molecule has 0 aliphatic carbocycles. The van der Waals surface area contributed by atoms with Gasteiger partial charge in [-0.3, -0.25) is 4.90 Å². The van der Waals surface area contributed by atoms with Crippen LogP contribution in [0.25, 0.3) is 0 Å². The van der Waals surface area contributed by atoms with Gasteiger partial charge in [0.15, 0.2) is 11.5 Å². The van der Waals surface area contributed by atoms with Crippen LogP contribution in [0.1, 0.15) is 11.1 Å². The molecule has 0 atom stereocenters. The summed E-state index contributed by atoms with van der Waals surface area (Å²) < 4.78 is 10.9. The third-order valence-corrected chi connectivity index (χ3v) is 5.01. The predicted octanol–water partition coefficient (Wildman–Crippen LogP) is 3.85. The quantitative estimate of drug-likeness (QED) is 0.618. The van der Waals surface area contributed by atoms with Gasteiger partial charge < -0.3 is 15.2 Å². The Labute approximate surface area is 167 Å². The molecule has 2 aromatic carbocycles. The van der Waals surface area contributed by atoms with Gasteiger partial charge in [0.05, 0.1) is 14.2 Å². The molecular weight excluding hydrogens is 368 g/mol. The maximum atomic E-state index is 5.83. The van der Waals surface area contributed by atoms with Crippen LogP contribution in [0.4, 0.5) is 0 Å². The van der Waals surface area contributed by atoms with Gasteiger partial charge in [-0.25, -0.2) is 0 Å². The second-order valence-electron chi connectivity index (χ2n) is 5.82. The van der Waals surface area contributed by atoms with Crippen LogP contribution >= 0.6 is 24.2 Å². The van der Waals surface area contributed by atoms with E-state index in [2.05, 4.69) is 53.6 Å². The van der Waals surface area contributed by atoms with Crippen molar-refractivity contribution >= 4 is 24.2 Å². The fourth-order valence-corrected chi connectivity index (χ4v) is 3.45. The Kier molecular flexibility index (Phi) is 10.5. The molecule has 0 aromatic heterocycles. The number of nitrogens with two attached hydrogens (primary N) is 1. The summed E-state index contributed by atoms with van der Waals surface area (Å²) in [4.78, 5) is 3.60. The second kappa shape index (κ2) is 12.1. The molecule has 0 saturated heterocycles. The highest BCUT2D eigenvalue weighted by atomic mass is 35.5. The molecule has 26 heavy (non-hydrogen) atoms. The Morgan fingerprint density at radius 3 is 2.23 bits per heavy atom. The number of hydrogen-bond acceptors (Lipinski definition) is 5. The van der Waals surface area contributed by atoms with E-state index in [-0.39, 0.29) is 12.4 Å². The summed E-state index contributed by atoms with van der Waals surface area (Å²) in [7, 11) is 3.34. The molecule has 2 N–H and O–H groups in total. The van der Waals surface area contributed by atoms with Crippen molar-refractivity contribution in [3.63, 3.8) is 0 Å². The van der Waals surface area contributed by atoms with Crippen molar-refractivity contribution in [3.05, 3.63) is 53.6 Å². The van der Waals surface area contributed by atoms with Gasteiger partial charge in [0, 0.05) is 31.1 Å². The summed E-state index contributed by atoms with van der Waals surface area (Å²) in [5, 5.41) is 0. The predicted molar refractivity (Wildman–Crippen MR) is 113 cm³/mol. The van der Waals surface area contributed by atoms with E-state index in [1.54, 1.807) is 26.0 Å². The summed E-state index contributed by atoms with van der Waals surface area (Å²) in [6, 6.07) is 14.7. The Hall–Kier alpha value is -1.40. The summed E-state index contributed by atoms with van der Waals surface area (Å²) in [5.74, 6) is 1.54. The first-order valence-electron chi connectivity index (χ1n) is 8.47. The summed E-state index contributed by atoms with van der Waals surface area (Å²) in [6.45, 7) is 3.34. The molecule has 4 nitrogen and oxygen atoms in total. The lowest BCUT2D eigenvalue weighted by molar-refractivity contribution is 0.273. The van der Waals surface area contributed by atoms with E-state index in [1.807, 2.05) is 0 Å². The van der Waals surface area contributed by atoms with Gasteiger partial charge in [-0.1, -0.05) is 30.3 Å². The normalized spacial score (nSPS) is 10.5. The summed E-state index contributed by atoms with van der Waals surface area (Å²) in [6.07, 6.45) is 3.10. The van der Waals surface area contributed by atoms with Crippen LogP contribution in [-0.2, 0) is 13.0 Å². The highest BCUT2D eigenvalue weighted by molar-refractivity contribution is 7.98. The zero-order chi connectivity index (χ0) is 18.1. The lowest BCUT2D eigenvalue weighted by atomic mass is 10.1. The van der Waals surface area contributed by atoms with E-state index in [1.165, 1.54) is 16.0 Å². The molecule has 0 aliphatic heterocycles. The number of rotatable bonds is 10. The average Bonchev–Trinajstić information content (AvgIpc) is 2.66. The van der Waals surface area contributed by atoms with Crippen LogP contribution in [-0.4, -0.2) is 45.0 Å². The first-order valence-corrected chi connectivity index (χ1v) is 9.69. The van der Waals surface area contributed by atoms with E-state index in [9.17, 15) is 0 Å². The largest absolute Gasteiger partial charge is 0.493 e. The number of ether oxygens (including phenoxy) is 2. The fraction of sp³-hybridized carbons (Fsp3) is 0.400. The number of benzene rings is 2. The Balaban J connectivity index is 0.00000338. The van der Waals surface area contributed by atoms with Gasteiger partial charge in [0.2, 0.25) is 0 Å². The molecular formula is C20H29ClN2O2S. The van der Waals surface area contributed by atoms with E-state index in [4.69, 9.17) is 15.2 Å². The minimum atomic E-state index is 0. The SMILES string of the molecule is COc1cc(CN(CCN)CCc2ccccc2)c(SC)cc1OC.Cl. The second-order valence-corrected chi connectivity index (χ2v) is 6.67. The molecule has 0 aliphatic rings. The smallest absolute Gasteiger partial charge is 0.161 e. The number of hydrogen-bond donors (Lipinski definition) is 1. The Morgan fingerprint density at radius 1 is 1.00 bits per heavy atom. The molecule has 0 spiro atoms. The first-order chi connectivity index (χ1) is 12.2. The molecule has 0 heterocycles. The number of thioether (sulfide) groups is 1. The average molecular weight is 397 g/mol. The van der Waals surface area contributed by atoms with Crippen molar-refractivity contribution in [2.75, 3.05) is 40.1 Å². The van der Waals surface area contributed by atoms with E-state index < -0.39 is 0 Å². The maximum Gasteiger partial charge on any atom is 0.161 e. The van der Waals surface area contributed by atoms with Gasteiger partial charge in [-0.05, 0) is 35.9 Å². The Morgan fingerprint density at radius 2 is 1.65 bits per heavy atom. The zero-order valence-electron chi connectivity index (χ0n) is 15.7. The van der Waals surface area contributed by atoms with Crippen molar-refractivity contribution in [1.29, 1.82) is 0 Å². The van der Waals surface area contributed by atoms with E-state index >= 15 is 0 Å². The number of methoxy groups -OCH3 is 2. The van der Waals surface area contributed by atoms with Crippen LogP contribution in [0.15, 0.2) is 47.4 Å². The van der Waals surface area contributed by atoms with E-state index in [0.29, 0.717) is 6.54 Å². The molecule has 0 amide bonds. The molecule has 144 valence electrons. The van der Waals surface area contributed by atoms with E-state index in [0.717, 1.165) is 37.6 Å². The maximum absolute atomic E-state index is 5.83. The molecule has 6 heteroatoms. The molecule has 0 saturated carbocycles. The summed E-state index contributed by atoms with van der Waals surface area (Å²) >= 11 is 1.73. The highest BCUT2D eigenvalue weighted by Gasteiger charge is 2.14. The third kappa shape index (κ3) is 6.40. The van der Waals surface area contributed by atoms with Crippen LogP contribution in [0.3, 0.4) is 0 Å². The van der Waals surface area contributed by atoms with Crippen molar-refractivity contribution in [1.82, 2.24) is 4.90 Å². The molecule has 0 radical (unpaired) electrons. The fourth-order valence-electron chi connectivity index (χ4n) is 2.84.